The molecule has 0 aliphatic rings. The third kappa shape index (κ3) is 2.28. The Labute approximate surface area is 97.5 Å². The van der Waals surface area contributed by atoms with E-state index < -0.39 is 11.9 Å². The Morgan fingerprint density at radius 2 is 1.82 bits per heavy atom. The molecule has 2 rings (SSSR count). The van der Waals surface area contributed by atoms with Crippen LogP contribution < -0.4 is 9.57 Å². The third-order valence-electron chi connectivity index (χ3n) is 2.10. The first-order valence-corrected chi connectivity index (χ1v) is 5.06. The molecule has 0 fully saturated rings. The summed E-state index contributed by atoms with van der Waals surface area (Å²) >= 11 is 0. The molecular weight excluding hydrogens is 222 g/mol. The number of fused-ring (bicyclic) bond motifs is 1. The zero-order valence-corrected chi connectivity index (χ0v) is 9.47. The van der Waals surface area contributed by atoms with E-state index in [1.54, 1.807) is 18.2 Å². The van der Waals surface area contributed by atoms with E-state index in [9.17, 15) is 9.59 Å². The van der Waals surface area contributed by atoms with E-state index in [2.05, 4.69) is 0 Å². The molecule has 0 atom stereocenters. The van der Waals surface area contributed by atoms with Crippen LogP contribution in [-0.4, -0.2) is 16.7 Å². The Kier molecular flexibility index (Phi) is 2.82. The number of para-hydroxylation sites is 1. The summed E-state index contributed by atoms with van der Waals surface area (Å²) in [5, 5.41) is 0.824. The van der Waals surface area contributed by atoms with Crippen molar-refractivity contribution < 1.29 is 19.2 Å². The summed E-state index contributed by atoms with van der Waals surface area (Å²) in [5.74, 6) is -0.769. The maximum absolute atomic E-state index is 11.0. The first kappa shape index (κ1) is 11.2. The van der Waals surface area contributed by atoms with Crippen LogP contribution in [0.5, 0.6) is 5.88 Å². The number of rotatable bonds is 2. The van der Waals surface area contributed by atoms with Gasteiger partial charge in [0.1, 0.15) is 0 Å². The SMILES string of the molecule is CC(=O)Oc1cc2ccccc2n1OC(C)=O. The largest absolute Gasteiger partial charge is 0.406 e. The summed E-state index contributed by atoms with van der Waals surface area (Å²) in [6, 6.07) is 8.89. The summed E-state index contributed by atoms with van der Waals surface area (Å²) in [6.45, 7) is 2.57. The average Bonchev–Trinajstić information content (AvgIpc) is 2.55. The van der Waals surface area contributed by atoms with E-state index in [0.29, 0.717) is 5.52 Å². The van der Waals surface area contributed by atoms with Crippen molar-refractivity contribution in [1.82, 2.24) is 4.73 Å². The van der Waals surface area contributed by atoms with Gasteiger partial charge in [0, 0.05) is 25.3 Å². The van der Waals surface area contributed by atoms with Crippen molar-refractivity contribution in [2.75, 3.05) is 0 Å². The van der Waals surface area contributed by atoms with E-state index in [-0.39, 0.29) is 5.88 Å². The minimum atomic E-state index is -0.486. The molecule has 0 spiro atoms. The van der Waals surface area contributed by atoms with Gasteiger partial charge < -0.3 is 9.57 Å². The van der Waals surface area contributed by atoms with Crippen LogP contribution in [0.3, 0.4) is 0 Å². The second-order valence-electron chi connectivity index (χ2n) is 3.51. The highest BCUT2D eigenvalue weighted by molar-refractivity contribution is 5.84. The van der Waals surface area contributed by atoms with Crippen LogP contribution in [0.4, 0.5) is 0 Å². The molecule has 0 unspecified atom stereocenters. The number of aromatic nitrogens is 1. The Bertz CT molecular complexity index is 585. The molecule has 1 aromatic carbocycles. The van der Waals surface area contributed by atoms with Gasteiger partial charge in [-0.3, -0.25) is 4.79 Å². The number of carbonyl (C=O) groups excluding carboxylic acids is 2. The minimum Gasteiger partial charge on any atom is -0.406 e. The lowest BCUT2D eigenvalue weighted by atomic mass is 10.3. The van der Waals surface area contributed by atoms with Gasteiger partial charge >= 0.3 is 11.9 Å². The van der Waals surface area contributed by atoms with Crippen molar-refractivity contribution in [1.29, 1.82) is 0 Å². The second kappa shape index (κ2) is 4.29. The summed E-state index contributed by atoms with van der Waals surface area (Å²) < 4.78 is 6.19. The van der Waals surface area contributed by atoms with Gasteiger partial charge in [0.05, 0.1) is 5.52 Å². The van der Waals surface area contributed by atoms with Crippen molar-refractivity contribution in [2.45, 2.75) is 13.8 Å². The smallest absolute Gasteiger partial charge is 0.330 e. The van der Waals surface area contributed by atoms with Gasteiger partial charge in [-0.25, -0.2) is 4.79 Å². The number of nitrogens with zero attached hydrogens (tertiary/aromatic N) is 1. The van der Waals surface area contributed by atoms with Crippen molar-refractivity contribution >= 4 is 22.8 Å². The fourth-order valence-corrected chi connectivity index (χ4v) is 1.55. The number of ether oxygens (including phenoxy) is 1. The highest BCUT2D eigenvalue weighted by Crippen LogP contribution is 2.24. The number of carbonyl (C=O) groups is 2. The van der Waals surface area contributed by atoms with Crippen molar-refractivity contribution in [3.8, 4) is 5.88 Å². The van der Waals surface area contributed by atoms with Gasteiger partial charge in [-0.2, -0.15) is 0 Å². The molecule has 88 valence electrons. The molecule has 2 aromatic rings. The monoisotopic (exact) mass is 233 g/mol. The molecule has 0 radical (unpaired) electrons. The summed E-state index contributed by atoms with van der Waals surface area (Å²) in [7, 11) is 0. The van der Waals surface area contributed by atoms with Crippen LogP contribution in [-0.2, 0) is 9.59 Å². The van der Waals surface area contributed by atoms with Gasteiger partial charge in [0.25, 0.3) is 0 Å². The molecule has 1 aromatic heterocycles. The Morgan fingerprint density at radius 1 is 1.12 bits per heavy atom. The fourth-order valence-electron chi connectivity index (χ4n) is 1.55. The predicted octanol–water partition coefficient (Wildman–Crippen LogP) is 1.54. The zero-order valence-electron chi connectivity index (χ0n) is 9.47. The molecule has 0 saturated heterocycles. The molecule has 0 N–H and O–H groups in total. The van der Waals surface area contributed by atoms with Crippen molar-refractivity contribution in [3.05, 3.63) is 30.3 Å². The second-order valence-corrected chi connectivity index (χ2v) is 3.51. The molecule has 0 bridgehead atoms. The average molecular weight is 233 g/mol. The molecule has 0 aliphatic carbocycles. The summed E-state index contributed by atoms with van der Waals surface area (Å²) in [4.78, 5) is 27.0. The standard InChI is InChI=1S/C12H11NO4/c1-8(14)16-12-7-10-5-3-4-6-11(10)13(12)17-9(2)15/h3-7H,1-2H3. The van der Waals surface area contributed by atoms with Crippen LogP contribution in [0.2, 0.25) is 0 Å². The predicted molar refractivity (Wildman–Crippen MR) is 60.5 cm³/mol. The number of hydrogen-bond donors (Lipinski definition) is 0. The zero-order chi connectivity index (χ0) is 12.4. The van der Waals surface area contributed by atoms with Crippen LogP contribution in [0.25, 0.3) is 10.9 Å². The highest BCUT2D eigenvalue weighted by atomic mass is 16.7. The van der Waals surface area contributed by atoms with Gasteiger partial charge in [-0.15, -0.1) is 4.73 Å². The number of hydrogen-bond acceptors (Lipinski definition) is 4. The molecule has 1 heterocycles. The molecule has 17 heavy (non-hydrogen) atoms. The maximum atomic E-state index is 11.0. The quantitative estimate of drug-likeness (QED) is 0.738. The van der Waals surface area contributed by atoms with Crippen LogP contribution in [0, 0.1) is 0 Å². The lowest BCUT2D eigenvalue weighted by Crippen LogP contribution is -2.18. The highest BCUT2D eigenvalue weighted by Gasteiger charge is 2.13. The van der Waals surface area contributed by atoms with Gasteiger partial charge in [0.15, 0.2) is 0 Å². The van der Waals surface area contributed by atoms with E-state index >= 15 is 0 Å². The number of benzene rings is 1. The lowest BCUT2D eigenvalue weighted by Gasteiger charge is -2.07. The number of esters is 1. The van der Waals surface area contributed by atoms with Crippen molar-refractivity contribution in [3.63, 3.8) is 0 Å². The topological polar surface area (TPSA) is 57.5 Å². The van der Waals surface area contributed by atoms with Crippen molar-refractivity contribution in [2.24, 2.45) is 0 Å². The molecule has 5 nitrogen and oxygen atoms in total. The minimum absolute atomic E-state index is 0.189. The van der Waals surface area contributed by atoms with Crippen LogP contribution in [0.1, 0.15) is 13.8 Å². The molecule has 0 saturated carbocycles. The summed E-state index contributed by atoms with van der Waals surface area (Å²) in [6.07, 6.45) is 0. The Balaban J connectivity index is 2.56. The molecular formula is C12H11NO4. The Morgan fingerprint density at radius 3 is 2.47 bits per heavy atom. The normalized spacial score (nSPS) is 10.2. The van der Waals surface area contributed by atoms with Crippen LogP contribution in [0.15, 0.2) is 30.3 Å². The maximum Gasteiger partial charge on any atom is 0.330 e. The van der Waals surface area contributed by atoms with E-state index in [1.165, 1.54) is 18.6 Å². The van der Waals surface area contributed by atoms with E-state index in [4.69, 9.17) is 9.57 Å². The third-order valence-corrected chi connectivity index (χ3v) is 2.10. The van der Waals surface area contributed by atoms with Crippen LogP contribution >= 0.6 is 0 Å². The van der Waals surface area contributed by atoms with Gasteiger partial charge in [-0.05, 0) is 6.07 Å². The van der Waals surface area contributed by atoms with Gasteiger partial charge in [0.2, 0.25) is 5.88 Å². The molecule has 0 aliphatic heterocycles. The van der Waals surface area contributed by atoms with E-state index in [0.717, 1.165) is 5.39 Å². The fraction of sp³-hybridized carbons (Fsp3) is 0.167. The lowest BCUT2D eigenvalue weighted by molar-refractivity contribution is -0.143. The molecule has 0 amide bonds. The summed E-state index contributed by atoms with van der Waals surface area (Å²) in [5.41, 5.74) is 0.666. The van der Waals surface area contributed by atoms with E-state index in [1.807, 2.05) is 12.1 Å². The molecule has 5 heteroatoms. The first-order chi connectivity index (χ1) is 8.08. The van der Waals surface area contributed by atoms with Gasteiger partial charge in [-0.1, -0.05) is 18.2 Å². The first-order valence-electron chi connectivity index (χ1n) is 5.06. The Hall–Kier alpha value is -2.30.